The van der Waals surface area contributed by atoms with Gasteiger partial charge < -0.3 is 9.47 Å². The monoisotopic (exact) mass is 215 g/mol. The van der Waals surface area contributed by atoms with Crippen LogP contribution < -0.4 is 0 Å². The van der Waals surface area contributed by atoms with Crippen molar-refractivity contribution in [1.82, 2.24) is 0 Å². The molecule has 87 valence electrons. The quantitative estimate of drug-likeness (QED) is 0.480. The van der Waals surface area contributed by atoms with Gasteiger partial charge in [0.2, 0.25) is 0 Å². The molecule has 0 spiro atoms. The third-order valence-electron chi connectivity index (χ3n) is 1.82. The van der Waals surface area contributed by atoms with Gasteiger partial charge in [0.25, 0.3) is 0 Å². The van der Waals surface area contributed by atoms with Gasteiger partial charge in [-0.3, -0.25) is 9.59 Å². The number of esters is 2. The number of rotatable bonds is 7. The van der Waals surface area contributed by atoms with Crippen molar-refractivity contribution in [2.45, 2.75) is 40.0 Å². The molecule has 0 saturated carbocycles. The van der Waals surface area contributed by atoms with Gasteiger partial charge in [-0.25, -0.2) is 0 Å². The molecule has 0 bridgehead atoms. The average Bonchev–Trinajstić information content (AvgIpc) is 2.21. The summed E-state index contributed by atoms with van der Waals surface area (Å²) in [5, 5.41) is 0. The van der Waals surface area contributed by atoms with Gasteiger partial charge in [-0.1, -0.05) is 13.8 Å². The molecule has 1 radical (unpaired) electrons. The molecule has 0 aromatic rings. The summed E-state index contributed by atoms with van der Waals surface area (Å²) in [5.74, 6) is 0.636. The van der Waals surface area contributed by atoms with Gasteiger partial charge in [-0.2, -0.15) is 0 Å². The van der Waals surface area contributed by atoms with Gasteiger partial charge >= 0.3 is 11.9 Å². The summed E-state index contributed by atoms with van der Waals surface area (Å²) in [7, 11) is 0. The molecule has 4 heteroatoms. The Morgan fingerprint density at radius 2 is 1.80 bits per heavy atom. The van der Waals surface area contributed by atoms with Crippen LogP contribution >= 0.6 is 0 Å². The largest absolute Gasteiger partial charge is 0.466 e. The lowest BCUT2D eigenvalue weighted by atomic mass is 10.1. The normalized spacial score (nSPS) is 10.1. The predicted octanol–water partition coefficient (Wildman–Crippen LogP) is 1.88. The number of carbonyl (C=O) groups is 2. The Hall–Kier alpha value is -1.06. The van der Waals surface area contributed by atoms with Crippen LogP contribution in [-0.2, 0) is 19.1 Å². The van der Waals surface area contributed by atoms with Crippen molar-refractivity contribution >= 4 is 11.9 Å². The first-order valence-corrected chi connectivity index (χ1v) is 5.16. The lowest BCUT2D eigenvalue weighted by Crippen LogP contribution is -2.09. The summed E-state index contributed by atoms with van der Waals surface area (Å²) in [4.78, 5) is 21.3. The van der Waals surface area contributed by atoms with E-state index in [9.17, 15) is 9.59 Å². The van der Waals surface area contributed by atoms with E-state index in [1.54, 1.807) is 6.92 Å². The Kier molecular flexibility index (Phi) is 7.68. The smallest absolute Gasteiger partial charge is 0.305 e. The van der Waals surface area contributed by atoms with E-state index in [0.717, 1.165) is 18.8 Å². The lowest BCUT2D eigenvalue weighted by molar-refractivity contribution is -0.143. The molecule has 0 unspecified atom stereocenters. The zero-order chi connectivity index (χ0) is 11.7. The second-order valence-corrected chi connectivity index (χ2v) is 3.41. The highest BCUT2D eigenvalue weighted by Gasteiger charge is 2.05. The summed E-state index contributed by atoms with van der Waals surface area (Å²) >= 11 is 0. The lowest BCUT2D eigenvalue weighted by Gasteiger charge is -2.10. The molecule has 0 saturated heterocycles. The molecule has 0 aliphatic rings. The summed E-state index contributed by atoms with van der Waals surface area (Å²) in [5.41, 5.74) is 0. The SMILES string of the molecule is CCC(=O)OCCC[C](C)COC(C)=O. The maximum Gasteiger partial charge on any atom is 0.305 e. The van der Waals surface area contributed by atoms with Crippen molar-refractivity contribution < 1.29 is 19.1 Å². The Morgan fingerprint density at radius 3 is 2.33 bits per heavy atom. The fourth-order valence-electron chi connectivity index (χ4n) is 0.959. The van der Waals surface area contributed by atoms with Gasteiger partial charge in [0.05, 0.1) is 13.2 Å². The minimum Gasteiger partial charge on any atom is -0.466 e. The first-order chi connectivity index (χ1) is 7.06. The van der Waals surface area contributed by atoms with E-state index in [-0.39, 0.29) is 11.9 Å². The van der Waals surface area contributed by atoms with Crippen LogP contribution in [0.3, 0.4) is 0 Å². The molecule has 0 rings (SSSR count). The highest BCUT2D eigenvalue weighted by atomic mass is 16.5. The zero-order valence-electron chi connectivity index (χ0n) is 9.67. The van der Waals surface area contributed by atoms with Crippen molar-refractivity contribution in [2.75, 3.05) is 13.2 Å². The van der Waals surface area contributed by atoms with Crippen molar-refractivity contribution in [3.05, 3.63) is 5.92 Å². The van der Waals surface area contributed by atoms with E-state index >= 15 is 0 Å². The fourth-order valence-corrected chi connectivity index (χ4v) is 0.959. The van der Waals surface area contributed by atoms with E-state index in [2.05, 4.69) is 0 Å². The van der Waals surface area contributed by atoms with Crippen molar-refractivity contribution in [3.63, 3.8) is 0 Å². The van der Waals surface area contributed by atoms with Crippen molar-refractivity contribution in [3.8, 4) is 0 Å². The summed E-state index contributed by atoms with van der Waals surface area (Å²) in [6, 6.07) is 0. The molecule has 0 aliphatic heterocycles. The zero-order valence-corrected chi connectivity index (χ0v) is 9.67. The van der Waals surface area contributed by atoms with E-state index < -0.39 is 0 Å². The van der Waals surface area contributed by atoms with E-state index in [0.29, 0.717) is 19.6 Å². The van der Waals surface area contributed by atoms with Gasteiger partial charge in [0.1, 0.15) is 0 Å². The average molecular weight is 215 g/mol. The summed E-state index contributed by atoms with van der Waals surface area (Å²) in [6.07, 6.45) is 2.00. The highest BCUT2D eigenvalue weighted by molar-refractivity contribution is 5.68. The number of carbonyl (C=O) groups excluding carboxylic acids is 2. The predicted molar refractivity (Wildman–Crippen MR) is 56.0 cm³/mol. The Morgan fingerprint density at radius 1 is 1.13 bits per heavy atom. The molecule has 0 aromatic carbocycles. The molecule has 0 heterocycles. The number of hydrogen-bond donors (Lipinski definition) is 0. The topological polar surface area (TPSA) is 52.6 Å². The molecule has 0 aliphatic carbocycles. The summed E-state index contributed by atoms with van der Waals surface area (Å²) < 4.78 is 9.73. The Labute approximate surface area is 90.9 Å². The Balaban J connectivity index is 3.34. The number of ether oxygens (including phenoxy) is 2. The third-order valence-corrected chi connectivity index (χ3v) is 1.82. The van der Waals surface area contributed by atoms with E-state index in [1.807, 2.05) is 6.92 Å². The standard InChI is InChI=1S/C11H19O4/c1-4-11(13)14-7-5-6-9(2)8-15-10(3)12/h4-8H2,1-3H3. The van der Waals surface area contributed by atoms with Crippen LogP contribution in [-0.4, -0.2) is 25.2 Å². The molecule has 0 atom stereocenters. The van der Waals surface area contributed by atoms with Crippen LogP contribution in [0.2, 0.25) is 0 Å². The van der Waals surface area contributed by atoms with Crippen molar-refractivity contribution in [2.24, 2.45) is 0 Å². The fraction of sp³-hybridized carbons (Fsp3) is 0.727. The van der Waals surface area contributed by atoms with Crippen LogP contribution in [0.25, 0.3) is 0 Å². The van der Waals surface area contributed by atoms with Crippen LogP contribution in [0.15, 0.2) is 0 Å². The van der Waals surface area contributed by atoms with Gasteiger partial charge in [-0.05, 0) is 12.8 Å². The maximum atomic E-state index is 10.8. The van der Waals surface area contributed by atoms with E-state index in [1.165, 1.54) is 6.92 Å². The first-order valence-electron chi connectivity index (χ1n) is 5.16. The number of hydrogen-bond acceptors (Lipinski definition) is 4. The molecule has 0 fully saturated rings. The molecule has 4 nitrogen and oxygen atoms in total. The van der Waals surface area contributed by atoms with Crippen LogP contribution in [0, 0.1) is 5.92 Å². The van der Waals surface area contributed by atoms with Crippen molar-refractivity contribution in [1.29, 1.82) is 0 Å². The maximum absolute atomic E-state index is 10.8. The summed E-state index contributed by atoms with van der Waals surface area (Å²) in [6.45, 7) is 5.86. The molecule has 0 amide bonds. The minimum absolute atomic E-state index is 0.173. The molecular weight excluding hydrogens is 196 g/mol. The third kappa shape index (κ3) is 9.25. The molecule has 0 N–H and O–H groups in total. The molecular formula is C11H19O4. The first kappa shape index (κ1) is 13.9. The minimum atomic E-state index is -0.272. The van der Waals surface area contributed by atoms with Crippen LogP contribution in [0.4, 0.5) is 0 Å². The van der Waals surface area contributed by atoms with Crippen LogP contribution in [0.5, 0.6) is 0 Å². The highest BCUT2D eigenvalue weighted by Crippen LogP contribution is 2.08. The second-order valence-electron chi connectivity index (χ2n) is 3.41. The molecule has 15 heavy (non-hydrogen) atoms. The molecule has 0 aromatic heterocycles. The van der Waals surface area contributed by atoms with Gasteiger partial charge in [0.15, 0.2) is 0 Å². The van der Waals surface area contributed by atoms with E-state index in [4.69, 9.17) is 9.47 Å². The Bertz CT molecular complexity index is 201. The second kappa shape index (κ2) is 8.26. The van der Waals surface area contributed by atoms with Gasteiger partial charge in [-0.15, -0.1) is 0 Å². The van der Waals surface area contributed by atoms with Gasteiger partial charge in [0, 0.05) is 19.3 Å². The van der Waals surface area contributed by atoms with Crippen LogP contribution in [0.1, 0.15) is 40.0 Å².